The molecule has 0 aliphatic rings. The fourth-order valence-electron chi connectivity index (χ4n) is 1.29. The highest BCUT2D eigenvalue weighted by Gasteiger charge is 2.21. The van der Waals surface area contributed by atoms with Gasteiger partial charge in [0.15, 0.2) is 0 Å². The van der Waals surface area contributed by atoms with Crippen LogP contribution in [0, 0.1) is 0 Å². The van der Waals surface area contributed by atoms with Gasteiger partial charge in [-0.15, -0.1) is 0 Å². The highest BCUT2D eigenvalue weighted by Crippen LogP contribution is 2.18. The topological polar surface area (TPSA) is 39.4 Å². The van der Waals surface area contributed by atoms with Crippen LogP contribution < -0.4 is 0 Å². The van der Waals surface area contributed by atoms with E-state index in [4.69, 9.17) is 9.15 Å². The number of hydrogen-bond acceptors (Lipinski definition) is 3. The molecule has 0 fully saturated rings. The Labute approximate surface area is 97.0 Å². The van der Waals surface area contributed by atoms with Crippen LogP contribution >= 0.6 is 0 Å². The number of furan rings is 1. The summed E-state index contributed by atoms with van der Waals surface area (Å²) in [4.78, 5) is 11.2. The molecule has 1 rings (SSSR count). The molecule has 17 heavy (non-hydrogen) atoms. The average Bonchev–Trinajstić information content (AvgIpc) is 2.74. The van der Waals surface area contributed by atoms with Gasteiger partial charge in [-0.3, -0.25) is 0 Å². The molecule has 1 aromatic rings. The van der Waals surface area contributed by atoms with Crippen LogP contribution in [0.25, 0.3) is 0 Å². The molecule has 0 amide bonds. The van der Waals surface area contributed by atoms with E-state index in [-0.39, 0.29) is 18.8 Å². The van der Waals surface area contributed by atoms with E-state index in [9.17, 15) is 17.7 Å². The summed E-state index contributed by atoms with van der Waals surface area (Å²) in [5.74, 6) is -0.487. The minimum absolute atomic E-state index is 0.0851. The summed E-state index contributed by atoms with van der Waals surface area (Å²) in [5.41, 5.74) is 0. The summed E-state index contributed by atoms with van der Waals surface area (Å²) in [6.07, 6.45) is 1.53. The van der Waals surface area contributed by atoms with Crippen LogP contribution in [0.15, 0.2) is 22.8 Å². The number of unbranched alkanes of at least 4 members (excludes halogenated alkanes) is 2. The van der Waals surface area contributed by atoms with Crippen LogP contribution in [0.4, 0.5) is 12.9 Å². The van der Waals surface area contributed by atoms with Gasteiger partial charge < -0.3 is 22.1 Å². The minimum Gasteiger partial charge on any atom is -0.460 e. The predicted molar refractivity (Wildman–Crippen MR) is 56.7 cm³/mol. The van der Waals surface area contributed by atoms with Crippen LogP contribution in [-0.4, -0.2) is 19.6 Å². The van der Waals surface area contributed by atoms with Crippen molar-refractivity contribution in [1.82, 2.24) is 0 Å². The number of ether oxygens (including phenoxy) is 1. The monoisotopic (exact) mass is 249 g/mol. The molecule has 0 unspecified atom stereocenters. The molecule has 0 aromatic carbocycles. The number of esters is 1. The zero-order valence-electron chi connectivity index (χ0n) is 9.20. The van der Waals surface area contributed by atoms with E-state index in [0.29, 0.717) is 12.8 Å². The van der Waals surface area contributed by atoms with Crippen molar-refractivity contribution >= 4 is 12.9 Å². The van der Waals surface area contributed by atoms with Gasteiger partial charge >= 0.3 is 12.9 Å². The Bertz CT molecular complexity index is 335. The summed E-state index contributed by atoms with van der Waals surface area (Å²) in [7, 11) is 0. The molecule has 0 radical (unpaired) electrons. The normalized spacial score (nSPS) is 11.5. The van der Waals surface area contributed by atoms with Crippen molar-refractivity contribution in [3.63, 3.8) is 0 Å². The van der Waals surface area contributed by atoms with Crippen LogP contribution in [-0.2, 0) is 4.74 Å². The van der Waals surface area contributed by atoms with Gasteiger partial charge in [-0.05, 0) is 18.6 Å². The quantitative estimate of drug-likeness (QED) is 0.422. The van der Waals surface area contributed by atoms with E-state index >= 15 is 0 Å². The average molecular weight is 249 g/mol. The largest absolute Gasteiger partial charge is 0.478 e. The number of hydrogen-bond donors (Lipinski definition) is 0. The Morgan fingerprint density at radius 1 is 1.29 bits per heavy atom. The van der Waals surface area contributed by atoms with E-state index in [1.165, 1.54) is 12.3 Å². The third-order valence-corrected chi connectivity index (χ3v) is 2.13. The fourth-order valence-corrected chi connectivity index (χ4v) is 1.29. The standard InChI is InChI=1S/C10H13BF3O3/c12-11(13,14)6-2-1-3-7-17-10(15)9-5-4-8-16-9/h4-5,8H,1-3,6-7H2/q-1. The number of carbonyl (C=O) groups excluding carboxylic acids is 1. The third-order valence-electron chi connectivity index (χ3n) is 2.13. The van der Waals surface area contributed by atoms with E-state index in [1.54, 1.807) is 6.07 Å². The van der Waals surface area contributed by atoms with Gasteiger partial charge in [0.2, 0.25) is 5.76 Å². The number of halogens is 3. The van der Waals surface area contributed by atoms with E-state index < -0.39 is 19.3 Å². The molecule has 0 aliphatic heterocycles. The third kappa shape index (κ3) is 6.04. The SMILES string of the molecule is O=C(OCCCCC[B-](F)(F)F)c1ccco1. The molecule has 7 heteroatoms. The summed E-state index contributed by atoms with van der Waals surface area (Å²) in [6.45, 7) is -4.58. The van der Waals surface area contributed by atoms with Gasteiger partial charge in [-0.2, -0.15) is 0 Å². The molecular formula is C10H13BF3O3-. The van der Waals surface area contributed by atoms with Crippen LogP contribution in [0.3, 0.4) is 0 Å². The van der Waals surface area contributed by atoms with Crippen molar-refractivity contribution in [2.45, 2.75) is 25.6 Å². The van der Waals surface area contributed by atoms with Gasteiger partial charge in [0, 0.05) is 0 Å². The second-order valence-corrected chi connectivity index (χ2v) is 3.67. The Morgan fingerprint density at radius 3 is 2.65 bits per heavy atom. The summed E-state index contributed by atoms with van der Waals surface area (Å²) in [6, 6.07) is 3.02. The second-order valence-electron chi connectivity index (χ2n) is 3.67. The predicted octanol–water partition coefficient (Wildman–Crippen LogP) is 3.45. The molecule has 0 saturated carbocycles. The lowest BCUT2D eigenvalue weighted by molar-refractivity contribution is 0.0461. The summed E-state index contributed by atoms with van der Waals surface area (Å²) in [5, 5.41) is 0. The number of rotatable bonds is 7. The van der Waals surface area contributed by atoms with Crippen molar-refractivity contribution < 1.29 is 26.9 Å². The van der Waals surface area contributed by atoms with Crippen LogP contribution in [0.1, 0.15) is 29.8 Å². The van der Waals surface area contributed by atoms with Crippen LogP contribution in [0.2, 0.25) is 6.32 Å². The van der Waals surface area contributed by atoms with Gasteiger partial charge in [-0.1, -0.05) is 19.2 Å². The maximum Gasteiger partial charge on any atom is 0.478 e. The molecule has 96 valence electrons. The van der Waals surface area contributed by atoms with Crippen molar-refractivity contribution in [2.24, 2.45) is 0 Å². The van der Waals surface area contributed by atoms with Crippen molar-refractivity contribution in [3.05, 3.63) is 24.2 Å². The first-order valence-corrected chi connectivity index (χ1v) is 5.40. The molecule has 1 aromatic heterocycles. The van der Waals surface area contributed by atoms with Gasteiger partial charge in [-0.25, -0.2) is 4.79 Å². The highest BCUT2D eigenvalue weighted by molar-refractivity contribution is 6.58. The highest BCUT2D eigenvalue weighted by atomic mass is 19.4. The fraction of sp³-hybridized carbons (Fsp3) is 0.500. The van der Waals surface area contributed by atoms with Gasteiger partial charge in [0.25, 0.3) is 0 Å². The van der Waals surface area contributed by atoms with E-state index in [1.807, 2.05) is 0 Å². The molecule has 3 nitrogen and oxygen atoms in total. The second kappa shape index (κ2) is 6.37. The lowest BCUT2D eigenvalue weighted by Gasteiger charge is -2.12. The zero-order valence-corrected chi connectivity index (χ0v) is 9.20. The van der Waals surface area contributed by atoms with Crippen molar-refractivity contribution in [1.29, 1.82) is 0 Å². The van der Waals surface area contributed by atoms with Crippen LogP contribution in [0.5, 0.6) is 0 Å². The first kappa shape index (κ1) is 13.7. The first-order chi connectivity index (χ1) is 7.99. The Balaban J connectivity index is 2.03. The molecule has 0 bridgehead atoms. The molecule has 0 saturated heterocycles. The Kier molecular flexibility index (Phi) is 5.12. The van der Waals surface area contributed by atoms with E-state index in [2.05, 4.69) is 0 Å². The minimum atomic E-state index is -4.69. The molecular weight excluding hydrogens is 236 g/mol. The smallest absolute Gasteiger partial charge is 0.460 e. The number of carbonyl (C=O) groups is 1. The lowest BCUT2D eigenvalue weighted by Crippen LogP contribution is -2.13. The molecule has 0 N–H and O–H groups in total. The lowest BCUT2D eigenvalue weighted by atomic mass is 9.83. The summed E-state index contributed by atoms with van der Waals surface area (Å²) < 4.78 is 45.1. The van der Waals surface area contributed by atoms with E-state index in [0.717, 1.165) is 0 Å². The molecule has 0 atom stereocenters. The maximum absolute atomic E-state index is 11.8. The molecule has 0 aliphatic carbocycles. The van der Waals surface area contributed by atoms with Gasteiger partial charge in [0.05, 0.1) is 12.9 Å². The molecule has 0 spiro atoms. The molecule has 1 heterocycles. The zero-order chi connectivity index (χ0) is 12.7. The summed E-state index contributed by atoms with van der Waals surface area (Å²) >= 11 is 0. The van der Waals surface area contributed by atoms with Crippen molar-refractivity contribution in [2.75, 3.05) is 6.61 Å². The Morgan fingerprint density at radius 2 is 2.06 bits per heavy atom. The van der Waals surface area contributed by atoms with Gasteiger partial charge in [0.1, 0.15) is 0 Å². The first-order valence-electron chi connectivity index (χ1n) is 5.40. The Hall–Kier alpha value is -1.40. The van der Waals surface area contributed by atoms with Crippen molar-refractivity contribution in [3.8, 4) is 0 Å². The maximum atomic E-state index is 11.8.